The average Bonchev–Trinajstić information content (AvgIpc) is 2.45. The van der Waals surface area contributed by atoms with Gasteiger partial charge in [0.05, 0.1) is 0 Å². The number of rotatable bonds is 4. The van der Waals surface area contributed by atoms with Gasteiger partial charge in [0.25, 0.3) is 0 Å². The van der Waals surface area contributed by atoms with Crippen molar-refractivity contribution >= 4 is 23.1 Å². The molecule has 1 aliphatic rings. The van der Waals surface area contributed by atoms with Crippen LogP contribution in [0.3, 0.4) is 0 Å². The number of hydrogen-bond donors (Lipinski definition) is 2. The number of amides is 1. The highest BCUT2D eigenvalue weighted by Gasteiger charge is 2.20. The highest BCUT2D eigenvalue weighted by Crippen LogP contribution is 2.26. The van der Waals surface area contributed by atoms with Crippen molar-refractivity contribution in [3.05, 3.63) is 23.8 Å². The number of nitrogens with zero attached hydrogens (tertiary/aromatic N) is 1. The molecule has 1 heterocycles. The van der Waals surface area contributed by atoms with E-state index in [2.05, 4.69) is 10.2 Å². The lowest BCUT2D eigenvalue weighted by Crippen LogP contribution is -2.38. The molecule has 3 N–H and O–H groups in total. The van der Waals surface area contributed by atoms with Gasteiger partial charge in [-0.15, -0.1) is 0 Å². The number of hydrogen-bond acceptors (Lipinski definition) is 4. The van der Waals surface area contributed by atoms with Crippen molar-refractivity contribution in [1.29, 1.82) is 0 Å². The summed E-state index contributed by atoms with van der Waals surface area (Å²) in [5.74, 6) is 0.567. The summed E-state index contributed by atoms with van der Waals surface area (Å²) in [6, 6.07) is 5.64. The molecule has 0 atom stereocenters. The Bertz CT molecular complexity index is 534. The van der Waals surface area contributed by atoms with Crippen LogP contribution in [0.15, 0.2) is 18.2 Å². The Labute approximate surface area is 125 Å². The molecule has 2 rings (SSSR count). The molecular weight excluding hydrogens is 266 g/mol. The number of nitrogen functional groups attached to an aromatic ring is 1. The van der Waals surface area contributed by atoms with Crippen molar-refractivity contribution in [2.24, 2.45) is 5.92 Å². The highest BCUT2D eigenvalue weighted by atomic mass is 16.1. The van der Waals surface area contributed by atoms with Gasteiger partial charge in [-0.3, -0.25) is 9.59 Å². The van der Waals surface area contributed by atoms with Crippen molar-refractivity contribution in [2.45, 2.75) is 26.7 Å². The van der Waals surface area contributed by atoms with E-state index in [1.165, 1.54) is 6.92 Å². The zero-order valence-electron chi connectivity index (χ0n) is 12.7. The van der Waals surface area contributed by atoms with Crippen molar-refractivity contribution in [3.8, 4) is 0 Å². The Kier molecular flexibility index (Phi) is 4.83. The number of Topliss-reactive ketones (excluding diaryl/α,β-unsaturated/α-hetero) is 1. The minimum atomic E-state index is -0.00642. The predicted molar refractivity (Wildman–Crippen MR) is 84.5 cm³/mol. The van der Waals surface area contributed by atoms with Gasteiger partial charge in [0.15, 0.2) is 5.78 Å². The standard InChI is InChI=1S/C16H23N3O2/c1-11(20)15-4-3-14(9-16(15)17)19-7-5-13(6-8-19)10-18-12(2)21/h3-4,9,13H,5-8,10,17H2,1-2H3,(H,18,21). The quantitative estimate of drug-likeness (QED) is 0.655. The van der Waals surface area contributed by atoms with Crippen molar-refractivity contribution in [3.63, 3.8) is 0 Å². The SMILES string of the molecule is CC(=O)NCC1CCN(c2ccc(C(C)=O)c(N)c2)CC1. The maximum Gasteiger partial charge on any atom is 0.216 e. The molecule has 1 aromatic rings. The molecule has 0 aromatic heterocycles. The van der Waals surface area contributed by atoms with Crippen molar-refractivity contribution in [1.82, 2.24) is 5.32 Å². The molecule has 0 radical (unpaired) electrons. The molecule has 5 heteroatoms. The van der Waals surface area contributed by atoms with Gasteiger partial charge in [0.2, 0.25) is 5.91 Å². The van der Waals surface area contributed by atoms with Gasteiger partial charge in [-0.25, -0.2) is 0 Å². The molecule has 1 amide bonds. The molecule has 21 heavy (non-hydrogen) atoms. The van der Waals surface area contributed by atoms with Gasteiger partial charge in [0, 0.05) is 43.5 Å². The molecule has 0 unspecified atom stereocenters. The second-order valence-corrected chi connectivity index (χ2v) is 5.70. The van der Waals surface area contributed by atoms with E-state index in [0.717, 1.165) is 38.2 Å². The second kappa shape index (κ2) is 6.61. The Morgan fingerprint density at radius 1 is 1.29 bits per heavy atom. The topological polar surface area (TPSA) is 75.4 Å². The molecule has 1 aromatic carbocycles. The number of benzene rings is 1. The number of carbonyl (C=O) groups is 2. The first-order chi connectivity index (χ1) is 9.97. The number of piperidine rings is 1. The molecule has 1 saturated heterocycles. The maximum atomic E-state index is 11.4. The molecule has 0 aliphatic carbocycles. The summed E-state index contributed by atoms with van der Waals surface area (Å²) < 4.78 is 0. The third kappa shape index (κ3) is 3.97. The Balaban J connectivity index is 1.94. The van der Waals surface area contributed by atoms with Crippen LogP contribution in [0.2, 0.25) is 0 Å². The van der Waals surface area contributed by atoms with Gasteiger partial charge < -0.3 is 16.0 Å². The zero-order chi connectivity index (χ0) is 15.4. The number of anilines is 2. The van der Waals surface area contributed by atoms with E-state index in [-0.39, 0.29) is 11.7 Å². The van der Waals surface area contributed by atoms with Crippen LogP contribution in [0, 0.1) is 5.92 Å². The summed E-state index contributed by atoms with van der Waals surface area (Å²) in [6.07, 6.45) is 2.10. The third-order valence-electron chi connectivity index (χ3n) is 4.03. The van der Waals surface area contributed by atoms with Gasteiger partial charge in [-0.05, 0) is 43.9 Å². The molecule has 5 nitrogen and oxygen atoms in total. The lowest BCUT2D eigenvalue weighted by molar-refractivity contribution is -0.119. The van der Waals surface area contributed by atoms with E-state index < -0.39 is 0 Å². The number of nitrogens with two attached hydrogens (primary N) is 1. The number of nitrogens with one attached hydrogen (secondary N) is 1. The summed E-state index contributed by atoms with van der Waals surface area (Å²) in [5, 5.41) is 2.88. The fraction of sp³-hybridized carbons (Fsp3) is 0.500. The first-order valence-corrected chi connectivity index (χ1v) is 7.37. The van der Waals surface area contributed by atoms with Gasteiger partial charge in [-0.1, -0.05) is 0 Å². The van der Waals surface area contributed by atoms with Crippen LogP contribution in [0.25, 0.3) is 0 Å². The van der Waals surface area contributed by atoms with Crippen LogP contribution < -0.4 is 16.0 Å². The number of ketones is 1. The molecule has 0 bridgehead atoms. The van der Waals surface area contributed by atoms with E-state index in [0.29, 0.717) is 17.2 Å². The molecule has 114 valence electrons. The van der Waals surface area contributed by atoms with Crippen molar-refractivity contribution in [2.75, 3.05) is 30.3 Å². The van der Waals surface area contributed by atoms with Gasteiger partial charge in [-0.2, -0.15) is 0 Å². The zero-order valence-corrected chi connectivity index (χ0v) is 12.7. The molecule has 0 saturated carbocycles. The van der Waals surface area contributed by atoms with Crippen LogP contribution in [0.4, 0.5) is 11.4 Å². The fourth-order valence-electron chi connectivity index (χ4n) is 2.75. The van der Waals surface area contributed by atoms with Gasteiger partial charge in [0.1, 0.15) is 0 Å². The molecule has 0 spiro atoms. The summed E-state index contributed by atoms with van der Waals surface area (Å²) in [7, 11) is 0. The summed E-state index contributed by atoms with van der Waals surface area (Å²) >= 11 is 0. The average molecular weight is 289 g/mol. The fourth-order valence-corrected chi connectivity index (χ4v) is 2.75. The highest BCUT2D eigenvalue weighted by molar-refractivity contribution is 5.99. The predicted octanol–water partition coefficient (Wildman–Crippen LogP) is 1.82. The van der Waals surface area contributed by atoms with Crippen LogP contribution in [0.5, 0.6) is 0 Å². The summed E-state index contributed by atoms with van der Waals surface area (Å²) in [5.41, 5.74) is 8.13. The summed E-state index contributed by atoms with van der Waals surface area (Å²) in [6.45, 7) is 5.73. The monoisotopic (exact) mass is 289 g/mol. The second-order valence-electron chi connectivity index (χ2n) is 5.70. The van der Waals surface area contributed by atoms with E-state index in [1.54, 1.807) is 13.0 Å². The lowest BCUT2D eigenvalue weighted by Gasteiger charge is -2.34. The third-order valence-corrected chi connectivity index (χ3v) is 4.03. The first-order valence-electron chi connectivity index (χ1n) is 7.37. The Morgan fingerprint density at radius 2 is 1.95 bits per heavy atom. The van der Waals surface area contributed by atoms with Crippen molar-refractivity contribution < 1.29 is 9.59 Å². The van der Waals surface area contributed by atoms with E-state index in [4.69, 9.17) is 5.73 Å². The van der Waals surface area contributed by atoms with Crippen LogP contribution in [-0.2, 0) is 4.79 Å². The number of carbonyl (C=O) groups excluding carboxylic acids is 2. The Morgan fingerprint density at radius 3 is 2.48 bits per heavy atom. The van der Waals surface area contributed by atoms with Crippen LogP contribution in [-0.4, -0.2) is 31.3 Å². The minimum absolute atomic E-state index is 0.00642. The smallest absolute Gasteiger partial charge is 0.216 e. The largest absolute Gasteiger partial charge is 0.398 e. The van der Waals surface area contributed by atoms with Gasteiger partial charge >= 0.3 is 0 Å². The van der Waals surface area contributed by atoms with E-state index >= 15 is 0 Å². The molecule has 1 fully saturated rings. The minimum Gasteiger partial charge on any atom is -0.398 e. The normalized spacial score (nSPS) is 15.8. The van der Waals surface area contributed by atoms with E-state index in [9.17, 15) is 9.59 Å². The molecular formula is C16H23N3O2. The lowest BCUT2D eigenvalue weighted by atomic mass is 9.96. The summed E-state index contributed by atoms with van der Waals surface area (Å²) in [4.78, 5) is 24.6. The molecule has 1 aliphatic heterocycles. The van der Waals surface area contributed by atoms with Crippen LogP contribution in [0.1, 0.15) is 37.0 Å². The maximum absolute atomic E-state index is 11.4. The first kappa shape index (κ1) is 15.4. The van der Waals surface area contributed by atoms with E-state index in [1.807, 2.05) is 12.1 Å². The Hall–Kier alpha value is -2.04. The van der Waals surface area contributed by atoms with Crippen LogP contribution >= 0.6 is 0 Å².